The molecule has 2 aliphatic heterocycles. The first-order chi connectivity index (χ1) is 21.2. The third kappa shape index (κ3) is 10.3. The zero-order valence-electron chi connectivity index (χ0n) is 27.5. The van der Waals surface area contributed by atoms with Crippen molar-refractivity contribution >= 4 is 35.4 Å². The Hall–Kier alpha value is -2.93. The first-order valence-corrected chi connectivity index (χ1v) is 20.2. The minimum atomic E-state index is -1.61. The molecule has 1 saturated heterocycles. The number of rotatable bonds is 5. The van der Waals surface area contributed by atoms with E-state index in [-0.39, 0.29) is 11.9 Å². The second kappa shape index (κ2) is 16.6. The van der Waals surface area contributed by atoms with Crippen LogP contribution in [0.4, 0.5) is 11.4 Å². The summed E-state index contributed by atoms with van der Waals surface area (Å²) in [5.41, 5.74) is 11.7. The third-order valence-corrected chi connectivity index (χ3v) is 8.99. The Labute approximate surface area is 282 Å². The normalized spacial score (nSPS) is 14.5. The first kappa shape index (κ1) is 36.5. The van der Waals surface area contributed by atoms with Gasteiger partial charge in [0, 0.05) is 31.5 Å². The molecule has 0 N–H and O–H groups in total. The Bertz CT molecular complexity index is 1430. The van der Waals surface area contributed by atoms with Crippen LogP contribution < -0.4 is 9.80 Å². The third-order valence-electron chi connectivity index (χ3n) is 7.12. The van der Waals surface area contributed by atoms with Crippen molar-refractivity contribution in [3.05, 3.63) is 129 Å². The number of hydrogen-bond donors (Lipinski definition) is 0. The predicted molar refractivity (Wildman–Crippen MR) is 186 cm³/mol. The van der Waals surface area contributed by atoms with Crippen molar-refractivity contribution in [2.24, 2.45) is 0 Å². The number of aryl methyl sites for hydroxylation is 6. The van der Waals surface area contributed by atoms with Gasteiger partial charge in [0.1, 0.15) is 0 Å². The van der Waals surface area contributed by atoms with Gasteiger partial charge in [0.15, 0.2) is 0 Å². The second-order valence-corrected chi connectivity index (χ2v) is 17.3. The number of hydrogen-bond acceptors (Lipinski definition) is 6. The van der Waals surface area contributed by atoms with Crippen LogP contribution in [0.15, 0.2) is 66.6 Å². The van der Waals surface area contributed by atoms with Gasteiger partial charge in [0.05, 0.1) is 12.2 Å². The molecule has 3 aromatic rings. The number of halogens is 2. The van der Waals surface area contributed by atoms with Gasteiger partial charge in [-0.15, -0.1) is 0 Å². The predicted octanol–water partition coefficient (Wildman–Crippen LogP) is 8.34. The molecule has 0 amide bonds. The topological polar surface area (TPSA) is 56.1 Å². The fourth-order valence-electron chi connectivity index (χ4n) is 5.58. The summed E-state index contributed by atoms with van der Waals surface area (Å²) in [5.74, 6) is 0.0764. The van der Waals surface area contributed by atoms with Gasteiger partial charge in [-0.3, -0.25) is 0 Å². The fourth-order valence-corrected chi connectivity index (χ4v) is 7.40. The molecule has 0 aromatic heterocycles. The summed E-state index contributed by atoms with van der Waals surface area (Å²) >= 11 is -1.61. The molecule has 1 fully saturated rings. The summed E-state index contributed by atoms with van der Waals surface area (Å²) in [6.45, 7) is 25.2. The first-order valence-electron chi connectivity index (χ1n) is 14.7. The zero-order valence-corrected chi connectivity index (χ0v) is 30.8. The van der Waals surface area contributed by atoms with E-state index in [9.17, 15) is 10.1 Å². The Balaban J connectivity index is 0.000000210. The van der Waals surface area contributed by atoms with Crippen molar-refractivity contribution in [1.82, 2.24) is 9.80 Å². The summed E-state index contributed by atoms with van der Waals surface area (Å²) in [6, 6.07) is 19.0. The monoisotopic (exact) mass is 737 g/mol. The van der Waals surface area contributed by atoms with Gasteiger partial charge in [-0.1, -0.05) is 35.4 Å². The summed E-state index contributed by atoms with van der Waals surface area (Å²) in [7, 11) is 13.0. The number of anilines is 2. The van der Waals surface area contributed by atoms with Crippen molar-refractivity contribution in [1.29, 1.82) is 0 Å². The SMILES string of the molecule is CC(C)N1[C]N(C)C=C1[N+](=O)[O-].Cc1cc(C)c(N2[C]N(c3c(C)cc(C)cc3C)CC2)c(C)c1.[Cl][Ru]([Cl])=[CH]c1ccccc1. The van der Waals surface area contributed by atoms with E-state index in [4.69, 9.17) is 19.4 Å². The van der Waals surface area contributed by atoms with Crippen molar-refractivity contribution < 1.29 is 18.4 Å². The molecule has 0 spiro atoms. The average molecular weight is 738 g/mol. The Kier molecular flexibility index (Phi) is 13.5. The molecule has 0 unspecified atom stereocenters. The molecule has 0 bridgehead atoms. The van der Waals surface area contributed by atoms with E-state index >= 15 is 0 Å². The molecule has 242 valence electrons. The van der Waals surface area contributed by atoms with Crippen molar-refractivity contribution in [2.75, 3.05) is 29.9 Å². The van der Waals surface area contributed by atoms with Crippen LogP contribution in [0.5, 0.6) is 0 Å². The standard InChI is InChI=1S/C21H26N2.C7H11N3O2.C7H6.2ClH.Ru/c1-14-9-16(3)20(17(4)10-14)22-7-8-23(13-22)21-18(5)11-15(2)12-19(21)6;1-6(2)9-5-8(3)4-7(9)10(11)12;1-7-5-3-2-4-6-7;;;/h9-12H,7-8H2,1-6H3;4,6H,1-3H3;1-6H;2*1H;/q;;;;;+2/p-2. The van der Waals surface area contributed by atoms with E-state index in [2.05, 4.69) is 88.9 Å². The molecular formula is C35H43Cl2N5O2Ru. The minimum absolute atomic E-state index is 0.0617. The maximum atomic E-state index is 10.5. The molecule has 10 heteroatoms. The number of nitrogens with zero attached hydrogens (tertiary/aromatic N) is 5. The van der Waals surface area contributed by atoms with Crippen molar-refractivity contribution in [3.8, 4) is 0 Å². The van der Waals surface area contributed by atoms with E-state index in [1.54, 1.807) is 11.9 Å². The zero-order chi connectivity index (χ0) is 33.4. The molecule has 45 heavy (non-hydrogen) atoms. The quantitative estimate of drug-likeness (QED) is 0.149. The van der Waals surface area contributed by atoms with E-state index in [0.29, 0.717) is 0 Å². The van der Waals surface area contributed by atoms with Crippen LogP contribution in [0, 0.1) is 65.0 Å². The van der Waals surface area contributed by atoms with E-state index in [1.165, 1.54) is 55.9 Å². The van der Waals surface area contributed by atoms with E-state index < -0.39 is 18.4 Å². The molecule has 4 radical (unpaired) electrons. The Morgan fingerprint density at radius 2 is 1.27 bits per heavy atom. The maximum absolute atomic E-state index is 10.5. The van der Waals surface area contributed by atoms with Gasteiger partial charge >= 0.3 is 85.9 Å². The van der Waals surface area contributed by atoms with E-state index in [1.807, 2.05) is 48.8 Å². The van der Waals surface area contributed by atoms with Gasteiger partial charge < -0.3 is 24.8 Å². The van der Waals surface area contributed by atoms with Gasteiger partial charge in [-0.25, -0.2) is 4.90 Å². The van der Waals surface area contributed by atoms with Crippen molar-refractivity contribution in [2.45, 2.75) is 61.4 Å². The van der Waals surface area contributed by atoms with Gasteiger partial charge in [-0.2, -0.15) is 0 Å². The molecule has 2 aliphatic rings. The average Bonchev–Trinajstić information content (AvgIpc) is 3.56. The molecule has 0 atom stereocenters. The van der Waals surface area contributed by atoms with Crippen LogP contribution >= 0.6 is 19.4 Å². The Morgan fingerprint density at radius 1 is 0.822 bits per heavy atom. The number of nitro groups is 1. The van der Waals surface area contributed by atoms with Crippen LogP contribution in [0.1, 0.15) is 52.8 Å². The van der Waals surface area contributed by atoms with Crippen LogP contribution in [0.25, 0.3) is 0 Å². The summed E-state index contributed by atoms with van der Waals surface area (Å²) in [6.07, 6.45) is 1.44. The summed E-state index contributed by atoms with van der Waals surface area (Å²) in [4.78, 5) is 17.7. The van der Waals surface area contributed by atoms with Gasteiger partial charge in [-0.05, 0) is 82.6 Å². The molecule has 0 saturated carbocycles. The van der Waals surface area contributed by atoms with Crippen LogP contribution in [0.3, 0.4) is 0 Å². The molecule has 5 rings (SSSR count). The Morgan fingerprint density at radius 3 is 1.62 bits per heavy atom. The summed E-state index contributed by atoms with van der Waals surface area (Å²) in [5, 5.41) is 10.5. The molecular weight excluding hydrogens is 694 g/mol. The van der Waals surface area contributed by atoms with Crippen LogP contribution in [-0.4, -0.2) is 45.5 Å². The van der Waals surface area contributed by atoms with Crippen LogP contribution in [-0.2, 0) is 13.5 Å². The van der Waals surface area contributed by atoms with Gasteiger partial charge in [0.2, 0.25) is 6.67 Å². The molecule has 3 aromatic carbocycles. The van der Waals surface area contributed by atoms with Gasteiger partial charge in [0.25, 0.3) is 0 Å². The van der Waals surface area contributed by atoms with Crippen molar-refractivity contribution in [3.63, 3.8) is 0 Å². The molecule has 7 nitrogen and oxygen atoms in total. The number of benzene rings is 3. The van der Waals surface area contributed by atoms with E-state index in [0.717, 1.165) is 18.7 Å². The molecule has 0 aliphatic carbocycles. The fraction of sp³-hybridized carbons (Fsp3) is 0.343. The molecule has 2 heterocycles. The van der Waals surface area contributed by atoms with Crippen LogP contribution in [0.2, 0.25) is 0 Å². The summed E-state index contributed by atoms with van der Waals surface area (Å²) < 4.78 is 1.92. The second-order valence-electron chi connectivity index (χ2n) is 11.5.